The number of aromatic nitrogens is 2. The highest BCUT2D eigenvalue weighted by Gasteiger charge is 2.25. The first-order valence-electron chi connectivity index (χ1n) is 7.84. The summed E-state index contributed by atoms with van der Waals surface area (Å²) in [4.78, 5) is 13.7. The number of nitrogens with zero attached hydrogens (tertiary/aromatic N) is 4. The normalized spacial score (nSPS) is 23.0. The van der Waals surface area contributed by atoms with Crippen LogP contribution in [0.5, 0.6) is 0 Å². The Kier molecular flexibility index (Phi) is 4.47. The minimum absolute atomic E-state index is 0.498. The first-order valence-corrected chi connectivity index (χ1v) is 7.84. The third-order valence-electron chi connectivity index (χ3n) is 4.58. The van der Waals surface area contributed by atoms with Crippen molar-refractivity contribution in [1.29, 1.82) is 0 Å². The van der Waals surface area contributed by atoms with E-state index in [1.54, 1.807) is 12.4 Å². The third-order valence-corrected chi connectivity index (χ3v) is 4.58. The van der Waals surface area contributed by atoms with Crippen molar-refractivity contribution in [1.82, 2.24) is 19.8 Å². The molecule has 2 fully saturated rings. The predicted molar refractivity (Wildman–Crippen MR) is 80.2 cm³/mol. The summed E-state index contributed by atoms with van der Waals surface area (Å²) in [6.07, 6.45) is 10.2. The lowest BCUT2D eigenvalue weighted by Gasteiger charge is -2.40. The summed E-state index contributed by atoms with van der Waals surface area (Å²) in [6.45, 7) is 5.88. The molecule has 0 bridgehead atoms. The fourth-order valence-electron chi connectivity index (χ4n) is 3.40. The average molecular weight is 275 g/mol. The van der Waals surface area contributed by atoms with Crippen molar-refractivity contribution in [2.24, 2.45) is 0 Å². The summed E-state index contributed by atoms with van der Waals surface area (Å²) in [5, 5.41) is 0. The lowest BCUT2D eigenvalue weighted by Crippen LogP contribution is -2.46. The van der Waals surface area contributed by atoms with Gasteiger partial charge in [0.1, 0.15) is 5.82 Å². The van der Waals surface area contributed by atoms with Crippen LogP contribution in [0.3, 0.4) is 0 Å². The zero-order chi connectivity index (χ0) is 13.8. The van der Waals surface area contributed by atoms with Crippen LogP contribution in [0.2, 0.25) is 0 Å². The first-order chi connectivity index (χ1) is 9.81. The number of hydrogen-bond acceptors (Lipinski definition) is 5. The van der Waals surface area contributed by atoms with Crippen LogP contribution in [0, 0.1) is 0 Å². The molecule has 0 radical (unpaired) electrons. The van der Waals surface area contributed by atoms with Gasteiger partial charge in [-0.25, -0.2) is 4.98 Å². The van der Waals surface area contributed by atoms with E-state index in [1.165, 1.54) is 58.3 Å². The number of hydrogen-bond donors (Lipinski definition) is 1. The van der Waals surface area contributed by atoms with Crippen molar-refractivity contribution in [3.05, 3.63) is 18.1 Å². The van der Waals surface area contributed by atoms with Gasteiger partial charge in [0.15, 0.2) is 0 Å². The van der Waals surface area contributed by atoms with Crippen molar-refractivity contribution in [2.45, 2.75) is 44.7 Å². The maximum atomic E-state index is 5.57. The molecule has 0 saturated carbocycles. The highest BCUT2D eigenvalue weighted by atomic mass is 15.2. The highest BCUT2D eigenvalue weighted by molar-refractivity contribution is 5.22. The Hall–Kier alpha value is -1.20. The van der Waals surface area contributed by atoms with Crippen molar-refractivity contribution in [3.8, 4) is 0 Å². The molecule has 0 aliphatic carbocycles. The quantitative estimate of drug-likeness (QED) is 0.906. The highest BCUT2D eigenvalue weighted by Crippen LogP contribution is 2.21. The number of nitrogen functional groups attached to an aromatic ring is 1. The van der Waals surface area contributed by atoms with Gasteiger partial charge >= 0.3 is 0 Å². The van der Waals surface area contributed by atoms with Gasteiger partial charge < -0.3 is 10.6 Å². The summed E-state index contributed by atoms with van der Waals surface area (Å²) in [7, 11) is 0. The SMILES string of the molecule is Nc1cnc(CN2CCC(N3CCCCC3)CC2)cn1. The number of likely N-dealkylation sites (tertiary alicyclic amines) is 2. The third kappa shape index (κ3) is 3.46. The largest absolute Gasteiger partial charge is 0.382 e. The Labute approximate surface area is 121 Å². The lowest BCUT2D eigenvalue weighted by molar-refractivity contribution is 0.0891. The molecule has 0 spiro atoms. The van der Waals surface area contributed by atoms with Gasteiger partial charge in [0.2, 0.25) is 0 Å². The van der Waals surface area contributed by atoms with Gasteiger partial charge in [-0.15, -0.1) is 0 Å². The molecule has 0 amide bonds. The Morgan fingerprint density at radius 3 is 2.40 bits per heavy atom. The van der Waals surface area contributed by atoms with E-state index in [0.29, 0.717) is 5.82 Å². The van der Waals surface area contributed by atoms with E-state index < -0.39 is 0 Å². The van der Waals surface area contributed by atoms with Crippen LogP contribution in [-0.2, 0) is 6.54 Å². The minimum atomic E-state index is 0.498. The molecule has 2 N–H and O–H groups in total. The monoisotopic (exact) mass is 275 g/mol. The van der Waals surface area contributed by atoms with E-state index in [4.69, 9.17) is 5.73 Å². The second-order valence-corrected chi connectivity index (χ2v) is 6.04. The topological polar surface area (TPSA) is 58.3 Å². The van der Waals surface area contributed by atoms with Gasteiger partial charge in [-0.2, -0.15) is 0 Å². The number of anilines is 1. The Balaban J connectivity index is 1.47. The van der Waals surface area contributed by atoms with E-state index in [9.17, 15) is 0 Å². The van der Waals surface area contributed by atoms with Crippen LogP contribution < -0.4 is 5.73 Å². The zero-order valence-electron chi connectivity index (χ0n) is 12.2. The molecule has 1 aromatic heterocycles. The molecule has 1 aromatic rings. The smallest absolute Gasteiger partial charge is 0.141 e. The maximum absolute atomic E-state index is 5.57. The standard InChI is InChI=1S/C15H25N5/c16-15-11-17-13(10-18-15)12-19-8-4-14(5-9-19)20-6-2-1-3-7-20/h10-11,14H,1-9,12H2,(H2,16,18). The van der Waals surface area contributed by atoms with Gasteiger partial charge in [0.25, 0.3) is 0 Å². The molecular weight excluding hydrogens is 250 g/mol. The Morgan fingerprint density at radius 1 is 1.00 bits per heavy atom. The zero-order valence-corrected chi connectivity index (χ0v) is 12.2. The van der Waals surface area contributed by atoms with Gasteiger partial charge in [-0.05, 0) is 38.8 Å². The second-order valence-electron chi connectivity index (χ2n) is 6.04. The van der Waals surface area contributed by atoms with Gasteiger partial charge in [-0.3, -0.25) is 9.88 Å². The van der Waals surface area contributed by atoms with Crippen molar-refractivity contribution in [3.63, 3.8) is 0 Å². The molecule has 3 heterocycles. The van der Waals surface area contributed by atoms with Gasteiger partial charge in [0, 0.05) is 25.7 Å². The summed E-state index contributed by atoms with van der Waals surface area (Å²) >= 11 is 0. The maximum Gasteiger partial charge on any atom is 0.141 e. The van der Waals surface area contributed by atoms with Crippen LogP contribution in [0.1, 0.15) is 37.8 Å². The average Bonchev–Trinajstić information content (AvgIpc) is 2.51. The molecule has 110 valence electrons. The molecule has 5 heteroatoms. The molecule has 0 atom stereocenters. The van der Waals surface area contributed by atoms with Crippen LogP contribution in [-0.4, -0.2) is 52.0 Å². The van der Waals surface area contributed by atoms with Gasteiger partial charge in [0.05, 0.1) is 18.1 Å². The molecule has 5 nitrogen and oxygen atoms in total. The number of piperidine rings is 2. The molecule has 2 aliphatic rings. The van der Waals surface area contributed by atoms with Crippen LogP contribution in [0.25, 0.3) is 0 Å². The number of nitrogens with two attached hydrogens (primary N) is 1. The second kappa shape index (κ2) is 6.50. The van der Waals surface area contributed by atoms with E-state index in [-0.39, 0.29) is 0 Å². The van der Waals surface area contributed by atoms with E-state index in [0.717, 1.165) is 18.3 Å². The fraction of sp³-hybridized carbons (Fsp3) is 0.733. The predicted octanol–water partition coefficient (Wildman–Crippen LogP) is 1.51. The number of rotatable bonds is 3. The Bertz CT molecular complexity index is 405. The van der Waals surface area contributed by atoms with Crippen molar-refractivity contribution in [2.75, 3.05) is 31.9 Å². The summed E-state index contributed by atoms with van der Waals surface area (Å²) in [6, 6.07) is 0.809. The lowest BCUT2D eigenvalue weighted by atomic mass is 10.00. The van der Waals surface area contributed by atoms with Crippen LogP contribution in [0.15, 0.2) is 12.4 Å². The summed E-state index contributed by atoms with van der Waals surface area (Å²) in [5.74, 6) is 0.498. The van der Waals surface area contributed by atoms with Gasteiger partial charge in [-0.1, -0.05) is 6.42 Å². The Morgan fingerprint density at radius 2 is 1.75 bits per heavy atom. The molecule has 0 aromatic carbocycles. The molecule has 3 rings (SSSR count). The molecule has 2 saturated heterocycles. The van der Waals surface area contributed by atoms with Crippen LogP contribution >= 0.6 is 0 Å². The van der Waals surface area contributed by atoms with E-state index >= 15 is 0 Å². The molecule has 2 aliphatic heterocycles. The summed E-state index contributed by atoms with van der Waals surface area (Å²) < 4.78 is 0. The first kappa shape index (κ1) is 13.8. The molecule has 0 unspecified atom stereocenters. The van der Waals surface area contributed by atoms with Crippen molar-refractivity contribution < 1.29 is 0 Å². The molecular formula is C15H25N5. The van der Waals surface area contributed by atoms with Crippen LogP contribution in [0.4, 0.5) is 5.82 Å². The van der Waals surface area contributed by atoms with E-state index in [1.807, 2.05) is 0 Å². The summed E-state index contributed by atoms with van der Waals surface area (Å²) in [5.41, 5.74) is 6.59. The minimum Gasteiger partial charge on any atom is -0.382 e. The van der Waals surface area contributed by atoms with Crippen molar-refractivity contribution >= 4 is 5.82 Å². The molecule has 20 heavy (non-hydrogen) atoms. The van der Waals surface area contributed by atoms with E-state index in [2.05, 4.69) is 19.8 Å². The fourth-order valence-corrected chi connectivity index (χ4v) is 3.40.